The lowest BCUT2D eigenvalue weighted by Crippen LogP contribution is -2.38. The smallest absolute Gasteiger partial charge is 0.332 e. The van der Waals surface area contributed by atoms with Crippen molar-refractivity contribution in [3.63, 3.8) is 0 Å². The molecule has 2 heterocycles. The summed E-state index contributed by atoms with van der Waals surface area (Å²) in [4.78, 5) is 40.4. The monoisotopic (exact) mass is 521 g/mol. The highest BCUT2D eigenvalue weighted by molar-refractivity contribution is 5.99. The fourth-order valence-corrected chi connectivity index (χ4v) is 3.90. The topological polar surface area (TPSA) is 159 Å². The van der Waals surface area contributed by atoms with Crippen molar-refractivity contribution >= 4 is 28.5 Å². The van der Waals surface area contributed by atoms with Gasteiger partial charge in [-0.05, 0) is 43.2 Å². The molecular weight excluding hydrogens is 494 g/mol. The van der Waals surface area contributed by atoms with Crippen LogP contribution in [0.4, 0.5) is 11.6 Å². The quantitative estimate of drug-likeness (QED) is 0.192. The van der Waals surface area contributed by atoms with Crippen LogP contribution in [0, 0.1) is 17.0 Å². The van der Waals surface area contributed by atoms with E-state index in [2.05, 4.69) is 15.5 Å². The zero-order chi connectivity index (χ0) is 27.6. The summed E-state index contributed by atoms with van der Waals surface area (Å²) >= 11 is 0. The van der Waals surface area contributed by atoms with Gasteiger partial charge < -0.3 is 14.4 Å². The Hall–Kier alpha value is -4.78. The molecule has 0 saturated carbocycles. The van der Waals surface area contributed by atoms with E-state index in [0.29, 0.717) is 17.0 Å². The molecule has 0 radical (unpaired) electrons. The van der Waals surface area contributed by atoms with Crippen LogP contribution in [0.1, 0.15) is 18.1 Å². The molecule has 1 atom stereocenters. The molecule has 0 aliphatic rings. The third kappa shape index (κ3) is 5.18. The third-order valence-corrected chi connectivity index (χ3v) is 6.09. The van der Waals surface area contributed by atoms with Gasteiger partial charge in [-0.2, -0.15) is 10.1 Å². The number of nitrogens with zero attached hydrogens (tertiary/aromatic N) is 6. The van der Waals surface area contributed by atoms with Crippen molar-refractivity contribution in [1.29, 1.82) is 0 Å². The van der Waals surface area contributed by atoms with Gasteiger partial charge in [-0.3, -0.25) is 24.0 Å². The van der Waals surface area contributed by atoms with Gasteiger partial charge in [-0.1, -0.05) is 18.2 Å². The number of imidazole rings is 1. The Balaban J connectivity index is 1.68. The van der Waals surface area contributed by atoms with Gasteiger partial charge in [0.15, 0.2) is 11.2 Å². The summed E-state index contributed by atoms with van der Waals surface area (Å²) in [5.74, 6) is 0.747. The van der Waals surface area contributed by atoms with E-state index in [9.17, 15) is 24.8 Å². The van der Waals surface area contributed by atoms with Gasteiger partial charge in [-0.15, -0.1) is 0 Å². The molecule has 4 aromatic rings. The molecule has 2 N–H and O–H groups in total. The highest BCUT2D eigenvalue weighted by atomic mass is 16.6. The number of rotatable bonds is 9. The number of aryl methyl sites for hydroxylation is 2. The van der Waals surface area contributed by atoms with Gasteiger partial charge in [0.05, 0.1) is 17.2 Å². The van der Waals surface area contributed by atoms with Crippen LogP contribution in [0.25, 0.3) is 11.2 Å². The number of para-hydroxylation sites is 1. The van der Waals surface area contributed by atoms with Crippen molar-refractivity contribution in [2.75, 3.05) is 12.0 Å². The summed E-state index contributed by atoms with van der Waals surface area (Å²) in [6.07, 6.45) is -1.03. The number of benzene rings is 2. The Labute approximate surface area is 216 Å². The largest absolute Gasteiger partial charge is 0.491 e. The van der Waals surface area contributed by atoms with Gasteiger partial charge in [0.25, 0.3) is 11.2 Å². The molecule has 198 valence electrons. The van der Waals surface area contributed by atoms with Crippen molar-refractivity contribution in [3.05, 3.63) is 90.6 Å². The van der Waals surface area contributed by atoms with Crippen LogP contribution in [-0.4, -0.2) is 47.1 Å². The van der Waals surface area contributed by atoms with E-state index in [1.165, 1.54) is 35.4 Å². The first-order valence-corrected chi connectivity index (χ1v) is 11.7. The Morgan fingerprint density at radius 3 is 2.50 bits per heavy atom. The molecule has 2 aromatic heterocycles. The first-order valence-electron chi connectivity index (χ1n) is 11.7. The molecule has 38 heavy (non-hydrogen) atoms. The van der Waals surface area contributed by atoms with Crippen LogP contribution in [0.5, 0.6) is 5.75 Å². The second-order valence-electron chi connectivity index (χ2n) is 8.77. The number of aliphatic hydroxyl groups is 1. The Bertz CT molecular complexity index is 1650. The van der Waals surface area contributed by atoms with Crippen LogP contribution in [0.3, 0.4) is 0 Å². The molecule has 0 aliphatic carbocycles. The third-order valence-electron chi connectivity index (χ3n) is 6.09. The molecule has 2 aromatic carbocycles. The number of nitrogens with one attached hydrogen (secondary N) is 1. The van der Waals surface area contributed by atoms with Crippen LogP contribution in [-0.2, 0) is 20.6 Å². The summed E-state index contributed by atoms with van der Waals surface area (Å²) in [5.41, 5.74) is 3.89. The lowest BCUT2D eigenvalue weighted by Gasteiger charge is -2.16. The number of ether oxygens (including phenoxy) is 1. The number of hydrogen-bond donors (Lipinski definition) is 2. The molecule has 0 spiro atoms. The minimum atomic E-state index is -1.03. The van der Waals surface area contributed by atoms with E-state index in [1.54, 1.807) is 25.1 Å². The number of hydrazone groups is 1. The minimum absolute atomic E-state index is 0.0463. The first kappa shape index (κ1) is 26.3. The van der Waals surface area contributed by atoms with Crippen molar-refractivity contribution in [2.45, 2.75) is 26.5 Å². The van der Waals surface area contributed by atoms with Gasteiger partial charge in [0.2, 0.25) is 5.95 Å². The van der Waals surface area contributed by atoms with Crippen molar-refractivity contribution in [2.24, 2.45) is 19.2 Å². The normalized spacial score (nSPS) is 12.5. The molecule has 0 unspecified atom stereocenters. The number of nitro groups is 1. The maximum Gasteiger partial charge on any atom is 0.332 e. The zero-order valence-electron chi connectivity index (χ0n) is 21.3. The maximum absolute atomic E-state index is 13.0. The second kappa shape index (κ2) is 10.7. The van der Waals surface area contributed by atoms with Gasteiger partial charge in [-0.25, -0.2) is 10.2 Å². The lowest BCUT2D eigenvalue weighted by molar-refractivity contribution is -0.384. The highest BCUT2D eigenvalue weighted by Gasteiger charge is 2.21. The molecule has 0 aliphatic heterocycles. The van der Waals surface area contributed by atoms with E-state index in [1.807, 2.05) is 25.1 Å². The van der Waals surface area contributed by atoms with E-state index < -0.39 is 22.3 Å². The molecule has 0 saturated heterocycles. The number of fused-ring (bicyclic) bond motifs is 1. The van der Waals surface area contributed by atoms with Crippen molar-refractivity contribution in [3.8, 4) is 5.75 Å². The molecular formula is C25H27N7O6. The number of non-ortho nitro benzene ring substituents is 1. The molecule has 0 bridgehead atoms. The van der Waals surface area contributed by atoms with Crippen LogP contribution < -0.4 is 21.4 Å². The summed E-state index contributed by atoms with van der Waals surface area (Å²) < 4.78 is 9.42. The minimum Gasteiger partial charge on any atom is -0.491 e. The molecule has 4 rings (SSSR count). The zero-order valence-corrected chi connectivity index (χ0v) is 21.3. The molecule has 13 heteroatoms. The van der Waals surface area contributed by atoms with Crippen molar-refractivity contribution in [1.82, 2.24) is 18.7 Å². The van der Waals surface area contributed by atoms with Gasteiger partial charge >= 0.3 is 5.69 Å². The van der Waals surface area contributed by atoms with E-state index in [-0.39, 0.29) is 36.0 Å². The van der Waals surface area contributed by atoms with Crippen LogP contribution in [0.15, 0.2) is 63.2 Å². The van der Waals surface area contributed by atoms with E-state index in [0.717, 1.165) is 10.1 Å². The Morgan fingerprint density at radius 1 is 1.16 bits per heavy atom. The summed E-state index contributed by atoms with van der Waals surface area (Å²) in [6.45, 7) is 3.45. The predicted octanol–water partition coefficient (Wildman–Crippen LogP) is 1.93. The Morgan fingerprint density at radius 2 is 1.84 bits per heavy atom. The van der Waals surface area contributed by atoms with E-state index >= 15 is 0 Å². The standard InChI is InChI=1S/C25H27N7O6/c1-15-7-5-6-8-20(15)38-14-19(33)13-31-21-22(29(3)25(35)30(4)23(21)34)26-24(31)28-27-16(2)17-9-11-18(12-10-17)32(36)37/h5-12,19,33H,13-14H2,1-4H3,(H,26,28)/b27-16+/t19-/m1/s1. The van der Waals surface area contributed by atoms with Crippen molar-refractivity contribution < 1.29 is 14.8 Å². The summed E-state index contributed by atoms with van der Waals surface area (Å²) in [7, 11) is 2.86. The summed E-state index contributed by atoms with van der Waals surface area (Å²) in [5, 5.41) is 26.0. The molecule has 0 amide bonds. The fourth-order valence-electron chi connectivity index (χ4n) is 3.90. The number of anilines is 1. The van der Waals surface area contributed by atoms with E-state index in [4.69, 9.17) is 4.74 Å². The summed E-state index contributed by atoms with van der Waals surface area (Å²) in [6, 6.07) is 13.3. The number of aromatic nitrogens is 4. The second-order valence-corrected chi connectivity index (χ2v) is 8.77. The number of nitro benzene ring substituents is 1. The average molecular weight is 522 g/mol. The predicted molar refractivity (Wildman–Crippen MR) is 142 cm³/mol. The highest BCUT2D eigenvalue weighted by Crippen LogP contribution is 2.19. The Kier molecular flexibility index (Phi) is 7.39. The first-order chi connectivity index (χ1) is 18.1. The SMILES string of the molecule is C/C(=N\Nc1nc2c(c(=O)n(C)c(=O)n2C)n1C[C@@H](O)COc1ccccc1C)c1ccc([N+](=O)[O-])cc1. The molecule has 13 nitrogen and oxygen atoms in total. The maximum atomic E-state index is 13.0. The average Bonchev–Trinajstić information content (AvgIpc) is 3.26. The van der Waals surface area contributed by atoms with Crippen LogP contribution in [0.2, 0.25) is 0 Å². The number of hydrogen-bond acceptors (Lipinski definition) is 9. The number of aliphatic hydroxyl groups excluding tert-OH is 1. The van der Waals surface area contributed by atoms with Gasteiger partial charge in [0, 0.05) is 26.2 Å². The van der Waals surface area contributed by atoms with Gasteiger partial charge in [0.1, 0.15) is 18.5 Å². The van der Waals surface area contributed by atoms with Crippen LogP contribution >= 0.6 is 0 Å². The lowest BCUT2D eigenvalue weighted by atomic mass is 10.1. The molecule has 0 fully saturated rings. The fraction of sp³-hybridized carbons (Fsp3) is 0.280.